The molecule has 4 fully saturated rings. The quantitative estimate of drug-likeness (QED) is 0.839. The average molecular weight is 371 g/mol. The topological polar surface area (TPSA) is 81.2 Å². The molecule has 136 valence electrons. The van der Waals surface area contributed by atoms with Crippen LogP contribution in [0.4, 0.5) is 0 Å². The van der Waals surface area contributed by atoms with E-state index in [4.69, 9.17) is 4.74 Å². The maximum absolute atomic E-state index is 13.0. The first kappa shape index (κ1) is 16.2. The first-order valence-corrected chi connectivity index (χ1v) is 9.87. The molecule has 4 atom stereocenters. The largest absolute Gasteiger partial charge is 0.469 e. The number of esters is 1. The second-order valence-corrected chi connectivity index (χ2v) is 8.96. The van der Waals surface area contributed by atoms with Crippen molar-refractivity contribution in [2.24, 2.45) is 17.3 Å². The zero-order chi connectivity index (χ0) is 17.9. The van der Waals surface area contributed by atoms with Crippen LogP contribution < -0.4 is 5.32 Å². The highest BCUT2D eigenvalue weighted by atomic mass is 32.1. The number of nitrogens with one attached hydrogen (secondary N) is 1. The molecular formula is C19H21N3O3S. The number of carbonyl (C=O) groups is 2. The van der Waals surface area contributed by atoms with Gasteiger partial charge in [-0.3, -0.25) is 9.59 Å². The number of benzene rings is 1. The van der Waals surface area contributed by atoms with Crippen LogP contribution in [0, 0.1) is 17.3 Å². The predicted molar refractivity (Wildman–Crippen MR) is 96.7 cm³/mol. The van der Waals surface area contributed by atoms with Crippen molar-refractivity contribution >= 4 is 34.6 Å². The molecule has 1 aromatic heterocycles. The summed E-state index contributed by atoms with van der Waals surface area (Å²) in [6, 6.07) is 5.43. The van der Waals surface area contributed by atoms with Gasteiger partial charge in [0.25, 0.3) is 5.91 Å². The van der Waals surface area contributed by atoms with Gasteiger partial charge in [0, 0.05) is 11.1 Å². The Kier molecular flexibility index (Phi) is 3.41. The van der Waals surface area contributed by atoms with Crippen LogP contribution in [-0.2, 0) is 9.53 Å². The van der Waals surface area contributed by atoms with Crippen molar-refractivity contribution in [2.75, 3.05) is 7.11 Å². The number of nitrogens with zero attached hydrogens (tertiary/aromatic N) is 2. The summed E-state index contributed by atoms with van der Waals surface area (Å²) in [4.78, 5) is 25.5. The van der Waals surface area contributed by atoms with Gasteiger partial charge in [-0.05, 0) is 68.6 Å². The fourth-order valence-electron chi connectivity index (χ4n) is 6.10. The molecule has 26 heavy (non-hydrogen) atoms. The third kappa shape index (κ3) is 2.36. The number of amides is 1. The van der Waals surface area contributed by atoms with Crippen LogP contribution in [0.1, 0.15) is 48.9 Å². The van der Waals surface area contributed by atoms with Gasteiger partial charge in [-0.1, -0.05) is 0 Å². The van der Waals surface area contributed by atoms with Crippen molar-refractivity contribution in [3.63, 3.8) is 0 Å². The van der Waals surface area contributed by atoms with Crippen molar-refractivity contribution in [2.45, 2.75) is 44.1 Å². The highest BCUT2D eigenvalue weighted by molar-refractivity contribution is 7.00. The lowest BCUT2D eigenvalue weighted by Gasteiger charge is -2.60. The van der Waals surface area contributed by atoms with Crippen molar-refractivity contribution in [1.82, 2.24) is 14.1 Å². The van der Waals surface area contributed by atoms with Crippen LogP contribution in [0.25, 0.3) is 11.0 Å². The molecule has 4 saturated carbocycles. The minimum Gasteiger partial charge on any atom is -0.469 e. The lowest BCUT2D eigenvalue weighted by Crippen LogP contribution is -2.64. The number of hydrogen-bond acceptors (Lipinski definition) is 6. The van der Waals surface area contributed by atoms with Crippen molar-refractivity contribution in [3.8, 4) is 0 Å². The van der Waals surface area contributed by atoms with Gasteiger partial charge in [0.05, 0.1) is 24.3 Å². The molecule has 2 aromatic rings. The van der Waals surface area contributed by atoms with Crippen LogP contribution in [0.3, 0.4) is 0 Å². The van der Waals surface area contributed by atoms with Gasteiger partial charge in [-0.15, -0.1) is 0 Å². The molecule has 0 spiro atoms. The Labute approximate surface area is 155 Å². The molecular weight excluding hydrogens is 350 g/mol. The van der Waals surface area contributed by atoms with E-state index in [0.29, 0.717) is 23.8 Å². The summed E-state index contributed by atoms with van der Waals surface area (Å²) in [6.45, 7) is 0. The van der Waals surface area contributed by atoms with Crippen molar-refractivity contribution < 1.29 is 14.3 Å². The van der Waals surface area contributed by atoms with Crippen molar-refractivity contribution in [3.05, 3.63) is 23.8 Å². The molecule has 4 aliphatic carbocycles. The lowest BCUT2D eigenvalue weighted by molar-refractivity contribution is -0.171. The Bertz CT molecular complexity index is 894. The normalized spacial score (nSPS) is 34.8. The van der Waals surface area contributed by atoms with E-state index < -0.39 is 5.41 Å². The van der Waals surface area contributed by atoms with Gasteiger partial charge in [0.15, 0.2) is 0 Å². The number of rotatable bonds is 3. The van der Waals surface area contributed by atoms with E-state index in [9.17, 15) is 9.59 Å². The second kappa shape index (κ2) is 5.49. The number of aromatic nitrogens is 2. The number of fused-ring (bicyclic) bond motifs is 1. The van der Waals surface area contributed by atoms with Crippen LogP contribution in [0.2, 0.25) is 0 Å². The summed E-state index contributed by atoms with van der Waals surface area (Å²) < 4.78 is 13.6. The molecule has 1 amide bonds. The van der Waals surface area contributed by atoms with Gasteiger partial charge in [-0.25, -0.2) is 0 Å². The minimum atomic E-state index is -0.408. The SMILES string of the molecule is COC(=O)C12C[C@@H]3C[C@@H](CC(NC(=O)c4ccc5nsnc5c4)(C3)C1)C2. The van der Waals surface area contributed by atoms with E-state index in [2.05, 4.69) is 14.1 Å². The molecule has 1 aromatic carbocycles. The molecule has 1 heterocycles. The number of carbonyl (C=O) groups excluding carboxylic acids is 2. The lowest BCUT2D eigenvalue weighted by atomic mass is 9.47. The van der Waals surface area contributed by atoms with E-state index >= 15 is 0 Å². The Morgan fingerprint density at radius 3 is 2.62 bits per heavy atom. The Balaban J connectivity index is 1.44. The molecule has 4 bridgehead atoms. The number of methoxy groups -OCH3 is 1. The van der Waals surface area contributed by atoms with Crippen LogP contribution >= 0.6 is 11.7 Å². The molecule has 7 heteroatoms. The van der Waals surface area contributed by atoms with Gasteiger partial charge >= 0.3 is 5.97 Å². The summed E-state index contributed by atoms with van der Waals surface area (Å²) in [5.41, 5.74) is 1.47. The smallest absolute Gasteiger partial charge is 0.311 e. The number of ether oxygens (including phenoxy) is 1. The Morgan fingerprint density at radius 2 is 1.88 bits per heavy atom. The molecule has 4 aliphatic rings. The molecule has 0 aliphatic heterocycles. The zero-order valence-corrected chi connectivity index (χ0v) is 15.5. The van der Waals surface area contributed by atoms with Crippen molar-refractivity contribution in [1.29, 1.82) is 0 Å². The average Bonchev–Trinajstić information content (AvgIpc) is 3.07. The summed E-state index contributed by atoms with van der Waals surface area (Å²) in [7, 11) is 1.48. The first-order chi connectivity index (χ1) is 12.5. The molecule has 6 rings (SSSR count). The summed E-state index contributed by atoms with van der Waals surface area (Å²) in [5.74, 6) is 0.823. The van der Waals surface area contributed by atoms with Crippen LogP contribution in [0.5, 0.6) is 0 Å². The van der Waals surface area contributed by atoms with E-state index in [1.165, 1.54) is 13.5 Å². The van der Waals surface area contributed by atoms with Gasteiger partial charge < -0.3 is 10.1 Å². The first-order valence-electron chi connectivity index (χ1n) is 9.14. The van der Waals surface area contributed by atoms with E-state index in [-0.39, 0.29) is 17.4 Å². The highest BCUT2D eigenvalue weighted by Gasteiger charge is 2.61. The summed E-state index contributed by atoms with van der Waals surface area (Å²) in [5, 5.41) is 3.31. The van der Waals surface area contributed by atoms with E-state index in [0.717, 1.165) is 48.4 Å². The summed E-state index contributed by atoms with van der Waals surface area (Å²) in [6.07, 6.45) is 5.62. The highest BCUT2D eigenvalue weighted by Crippen LogP contribution is 2.62. The predicted octanol–water partition coefficient (Wildman–Crippen LogP) is 2.93. The fourth-order valence-corrected chi connectivity index (χ4v) is 6.62. The van der Waals surface area contributed by atoms with Gasteiger partial charge in [0.1, 0.15) is 11.0 Å². The third-order valence-electron chi connectivity index (χ3n) is 6.57. The minimum absolute atomic E-state index is 0.0816. The monoisotopic (exact) mass is 371 g/mol. The van der Waals surface area contributed by atoms with E-state index in [1.807, 2.05) is 6.07 Å². The second-order valence-electron chi connectivity index (χ2n) is 8.44. The third-order valence-corrected chi connectivity index (χ3v) is 7.13. The van der Waals surface area contributed by atoms with Crippen LogP contribution in [0.15, 0.2) is 18.2 Å². The molecule has 1 N–H and O–H groups in total. The van der Waals surface area contributed by atoms with E-state index in [1.54, 1.807) is 12.1 Å². The Hall–Kier alpha value is -2.02. The molecule has 0 saturated heterocycles. The van der Waals surface area contributed by atoms with Gasteiger partial charge in [-0.2, -0.15) is 8.75 Å². The fraction of sp³-hybridized carbons (Fsp3) is 0.579. The molecule has 0 radical (unpaired) electrons. The van der Waals surface area contributed by atoms with Gasteiger partial charge in [0.2, 0.25) is 0 Å². The maximum atomic E-state index is 13.0. The number of hydrogen-bond donors (Lipinski definition) is 1. The summed E-state index contributed by atoms with van der Waals surface area (Å²) >= 11 is 1.15. The maximum Gasteiger partial charge on any atom is 0.311 e. The van der Waals surface area contributed by atoms with Crippen LogP contribution in [-0.4, -0.2) is 33.3 Å². The Morgan fingerprint density at radius 1 is 1.15 bits per heavy atom. The molecule has 6 nitrogen and oxygen atoms in total. The molecule has 2 unspecified atom stereocenters. The standard InChI is InChI=1S/C19H21N3O3S/c1-25-17(24)18-6-11-4-12(7-18)9-19(8-11,10-18)20-16(23)13-2-3-14-15(5-13)22-26-21-14/h2-3,5,11-12H,4,6-10H2,1H3,(H,20,23)/t11-,12+,18?,19?. The zero-order valence-electron chi connectivity index (χ0n) is 14.7.